The van der Waals surface area contributed by atoms with Gasteiger partial charge in [-0.15, -0.1) is 0 Å². The van der Waals surface area contributed by atoms with Crippen molar-refractivity contribution in [3.63, 3.8) is 0 Å². The van der Waals surface area contributed by atoms with Gasteiger partial charge in [0, 0.05) is 6.04 Å². The molecule has 6 nitrogen and oxygen atoms in total. The molecule has 1 heterocycles. The average Bonchev–Trinajstić information content (AvgIpc) is 2.34. The molecule has 0 radical (unpaired) electrons. The van der Waals surface area contributed by atoms with Crippen LogP contribution < -0.4 is 10.9 Å². The Kier molecular flexibility index (Phi) is 5.14. The Bertz CT molecular complexity index is 672. The molecule has 0 atom stereocenters. The lowest BCUT2D eigenvalue weighted by Gasteiger charge is -2.28. The fourth-order valence-corrected chi connectivity index (χ4v) is 2.36. The van der Waals surface area contributed by atoms with Crippen LogP contribution in [-0.4, -0.2) is 28.4 Å². The summed E-state index contributed by atoms with van der Waals surface area (Å²) in [7, 11) is 0. The fourth-order valence-electron chi connectivity index (χ4n) is 2.20. The SMILES string of the molecule is CC(C)(C)OC(=O)CC(=O)c1cc(Cl)c(=O)[nH]c1NC1CCC1. The van der Waals surface area contributed by atoms with E-state index in [2.05, 4.69) is 10.3 Å². The van der Waals surface area contributed by atoms with Crippen molar-refractivity contribution in [1.29, 1.82) is 0 Å². The van der Waals surface area contributed by atoms with Gasteiger partial charge in [0.1, 0.15) is 22.9 Å². The summed E-state index contributed by atoms with van der Waals surface area (Å²) in [6, 6.07) is 1.52. The van der Waals surface area contributed by atoms with E-state index in [9.17, 15) is 14.4 Å². The van der Waals surface area contributed by atoms with Crippen molar-refractivity contribution < 1.29 is 14.3 Å². The van der Waals surface area contributed by atoms with E-state index in [1.54, 1.807) is 20.8 Å². The number of esters is 1. The molecule has 0 aromatic carbocycles. The number of carbonyl (C=O) groups is 2. The van der Waals surface area contributed by atoms with E-state index in [0.29, 0.717) is 5.82 Å². The molecule has 1 saturated carbocycles. The topological polar surface area (TPSA) is 88.3 Å². The van der Waals surface area contributed by atoms with Gasteiger partial charge < -0.3 is 15.0 Å². The molecule has 1 aliphatic carbocycles. The van der Waals surface area contributed by atoms with Gasteiger partial charge in [-0.25, -0.2) is 0 Å². The number of H-pyrrole nitrogens is 1. The highest BCUT2D eigenvalue weighted by Gasteiger charge is 2.24. The number of aromatic amines is 1. The summed E-state index contributed by atoms with van der Waals surface area (Å²) in [5, 5.41) is 3.04. The number of nitrogens with one attached hydrogen (secondary N) is 2. The van der Waals surface area contributed by atoms with Gasteiger partial charge in [-0.2, -0.15) is 0 Å². The first-order valence-corrected chi connectivity index (χ1v) is 7.98. The van der Waals surface area contributed by atoms with E-state index < -0.39 is 29.3 Å². The van der Waals surface area contributed by atoms with Crippen LogP contribution in [0.2, 0.25) is 5.02 Å². The Labute approximate surface area is 139 Å². The summed E-state index contributed by atoms with van der Waals surface area (Å²) < 4.78 is 5.15. The third-order valence-electron chi connectivity index (χ3n) is 3.47. The van der Waals surface area contributed by atoms with E-state index in [4.69, 9.17) is 16.3 Å². The minimum absolute atomic E-state index is 0.0864. The lowest BCUT2D eigenvalue weighted by Crippen LogP contribution is -2.30. The van der Waals surface area contributed by atoms with Crippen LogP contribution in [0, 0.1) is 0 Å². The van der Waals surface area contributed by atoms with Gasteiger partial charge in [0.2, 0.25) is 0 Å². The first-order valence-electron chi connectivity index (χ1n) is 7.60. The summed E-state index contributed by atoms with van der Waals surface area (Å²) in [6.45, 7) is 5.20. The first-order chi connectivity index (χ1) is 10.7. The van der Waals surface area contributed by atoms with Crippen LogP contribution >= 0.6 is 11.6 Å². The van der Waals surface area contributed by atoms with E-state index in [1.165, 1.54) is 6.07 Å². The quantitative estimate of drug-likeness (QED) is 0.489. The largest absolute Gasteiger partial charge is 0.460 e. The lowest BCUT2D eigenvalue weighted by atomic mass is 9.93. The van der Waals surface area contributed by atoms with Gasteiger partial charge in [0.15, 0.2) is 5.78 Å². The second-order valence-corrected chi connectivity index (χ2v) is 7.10. The number of hydrogen-bond acceptors (Lipinski definition) is 5. The van der Waals surface area contributed by atoms with Crippen molar-refractivity contribution in [2.45, 2.75) is 58.1 Å². The molecule has 0 unspecified atom stereocenters. The monoisotopic (exact) mass is 340 g/mol. The van der Waals surface area contributed by atoms with Crippen LogP contribution in [-0.2, 0) is 9.53 Å². The van der Waals surface area contributed by atoms with Crippen LogP contribution in [0.1, 0.15) is 56.8 Å². The molecule has 1 aliphatic rings. The van der Waals surface area contributed by atoms with Crippen molar-refractivity contribution >= 4 is 29.2 Å². The zero-order valence-electron chi connectivity index (χ0n) is 13.5. The molecule has 1 aromatic heterocycles. The molecule has 1 aromatic rings. The Balaban J connectivity index is 2.19. The number of aromatic nitrogens is 1. The van der Waals surface area contributed by atoms with Crippen LogP contribution in [0.3, 0.4) is 0 Å². The summed E-state index contributed by atoms with van der Waals surface area (Å²) in [5.41, 5.74) is -0.929. The predicted molar refractivity (Wildman–Crippen MR) is 88.1 cm³/mol. The smallest absolute Gasteiger partial charge is 0.314 e. The van der Waals surface area contributed by atoms with Gasteiger partial charge in [-0.05, 0) is 46.1 Å². The second kappa shape index (κ2) is 6.74. The van der Waals surface area contributed by atoms with Gasteiger partial charge in [-0.1, -0.05) is 11.6 Å². The van der Waals surface area contributed by atoms with Gasteiger partial charge in [0.25, 0.3) is 5.56 Å². The van der Waals surface area contributed by atoms with Crippen molar-refractivity contribution in [2.24, 2.45) is 0 Å². The number of Topliss-reactive ketones (excluding diaryl/α,β-unsaturated/α-hetero) is 1. The number of hydrogen-bond donors (Lipinski definition) is 2. The normalized spacial score (nSPS) is 15.0. The standard InChI is InChI=1S/C16H21ClN2O4/c1-16(2,3)23-13(21)8-12(20)10-7-11(17)15(22)19-14(10)18-9-5-4-6-9/h7,9H,4-6,8H2,1-3H3,(H2,18,19,22). The molecule has 0 saturated heterocycles. The molecule has 7 heteroatoms. The number of pyridine rings is 1. The molecule has 0 aliphatic heterocycles. The van der Waals surface area contributed by atoms with Gasteiger partial charge in [-0.3, -0.25) is 14.4 Å². The van der Waals surface area contributed by atoms with Crippen molar-refractivity contribution in [1.82, 2.24) is 4.98 Å². The number of carbonyl (C=O) groups excluding carboxylic acids is 2. The Morgan fingerprint density at radius 2 is 2.04 bits per heavy atom. The molecular weight excluding hydrogens is 320 g/mol. The Morgan fingerprint density at radius 3 is 2.57 bits per heavy atom. The lowest BCUT2D eigenvalue weighted by molar-refractivity contribution is -0.153. The number of ether oxygens (including phenoxy) is 1. The predicted octanol–water partition coefficient (Wildman–Crippen LogP) is 2.91. The van der Waals surface area contributed by atoms with E-state index in [0.717, 1.165) is 19.3 Å². The van der Waals surface area contributed by atoms with Crippen LogP contribution in [0.25, 0.3) is 0 Å². The third kappa shape index (κ3) is 4.82. The van der Waals surface area contributed by atoms with Gasteiger partial charge in [0.05, 0.1) is 5.56 Å². The first kappa shape index (κ1) is 17.5. The molecule has 2 N–H and O–H groups in total. The maximum Gasteiger partial charge on any atom is 0.314 e. The fraction of sp³-hybridized carbons (Fsp3) is 0.562. The minimum Gasteiger partial charge on any atom is -0.460 e. The highest BCUT2D eigenvalue weighted by Crippen LogP contribution is 2.25. The number of halogens is 1. The average molecular weight is 341 g/mol. The maximum absolute atomic E-state index is 12.4. The maximum atomic E-state index is 12.4. The van der Waals surface area contributed by atoms with Crippen molar-refractivity contribution in [3.05, 3.63) is 27.0 Å². The molecule has 23 heavy (non-hydrogen) atoms. The summed E-state index contributed by atoms with van der Waals surface area (Å²) >= 11 is 5.82. The Morgan fingerprint density at radius 1 is 1.39 bits per heavy atom. The molecule has 1 fully saturated rings. The molecule has 0 bridgehead atoms. The number of rotatable bonds is 5. The Hall–Kier alpha value is -1.82. The zero-order chi connectivity index (χ0) is 17.2. The highest BCUT2D eigenvalue weighted by molar-refractivity contribution is 6.31. The molecule has 2 rings (SSSR count). The van der Waals surface area contributed by atoms with E-state index in [1.807, 2.05) is 0 Å². The van der Waals surface area contributed by atoms with E-state index in [-0.39, 0.29) is 16.6 Å². The van der Waals surface area contributed by atoms with E-state index >= 15 is 0 Å². The van der Waals surface area contributed by atoms with Crippen LogP contribution in [0.5, 0.6) is 0 Å². The molecule has 0 amide bonds. The van der Waals surface area contributed by atoms with Gasteiger partial charge >= 0.3 is 5.97 Å². The summed E-state index contributed by atoms with van der Waals surface area (Å²) in [5.74, 6) is -0.740. The second-order valence-electron chi connectivity index (χ2n) is 6.69. The van der Waals surface area contributed by atoms with Crippen LogP contribution in [0.4, 0.5) is 5.82 Å². The molecule has 126 valence electrons. The molecule has 0 spiro atoms. The number of anilines is 1. The molecular formula is C16H21ClN2O4. The van der Waals surface area contributed by atoms with Crippen molar-refractivity contribution in [3.8, 4) is 0 Å². The highest BCUT2D eigenvalue weighted by atomic mass is 35.5. The summed E-state index contributed by atoms with van der Waals surface area (Å²) in [6.07, 6.45) is 2.66. The van der Waals surface area contributed by atoms with Crippen LogP contribution in [0.15, 0.2) is 10.9 Å². The third-order valence-corrected chi connectivity index (χ3v) is 3.76. The summed E-state index contributed by atoms with van der Waals surface area (Å²) in [4.78, 5) is 38.5. The number of ketones is 1. The van der Waals surface area contributed by atoms with Crippen molar-refractivity contribution in [2.75, 3.05) is 5.32 Å². The minimum atomic E-state index is -0.660. The zero-order valence-corrected chi connectivity index (χ0v) is 14.3.